The van der Waals surface area contributed by atoms with Crippen molar-refractivity contribution in [3.8, 4) is 11.8 Å². The maximum atomic E-state index is 7.14. The molecule has 0 saturated heterocycles. The zero-order chi connectivity index (χ0) is 36.7. The van der Waals surface area contributed by atoms with Crippen LogP contribution in [0.2, 0.25) is 55.9 Å². The number of hydrogen-bond acceptors (Lipinski definition) is 3. The summed E-state index contributed by atoms with van der Waals surface area (Å²) < 4.78 is 20.8. The minimum Gasteiger partial charge on any atom is -0.413 e. The monoisotopic (exact) mass is 715 g/mol. The van der Waals surface area contributed by atoms with Crippen LogP contribution in [0.1, 0.15) is 134 Å². The molecule has 0 aromatic carbocycles. The maximum Gasteiger partial charge on any atom is 0.192 e. The fourth-order valence-corrected chi connectivity index (χ4v) is 13.0. The van der Waals surface area contributed by atoms with E-state index in [0.29, 0.717) is 11.3 Å². The molecule has 0 unspecified atom stereocenters. The molecular weight excluding hydrogens is 637 g/mol. The molecule has 0 aromatic rings. The van der Waals surface area contributed by atoms with Crippen LogP contribution >= 0.6 is 0 Å². The quantitative estimate of drug-likeness (QED) is 0.157. The van der Waals surface area contributed by atoms with Crippen molar-refractivity contribution in [1.29, 1.82) is 0 Å². The lowest BCUT2D eigenvalue weighted by molar-refractivity contribution is 0.0775. The average Bonchev–Trinajstić information content (AvgIpc) is 3.24. The van der Waals surface area contributed by atoms with Crippen molar-refractivity contribution in [2.24, 2.45) is 23.2 Å². The first-order valence-electron chi connectivity index (χ1n) is 19.6. The average molecular weight is 715 g/mol. The highest BCUT2D eigenvalue weighted by atomic mass is 28.4. The summed E-state index contributed by atoms with van der Waals surface area (Å²) in [5, 5.41) is 0.341. The minimum absolute atomic E-state index is 0.0158. The normalized spacial score (nSPS) is 28.5. The third-order valence-electron chi connectivity index (χ3n) is 13.3. The third kappa shape index (κ3) is 10.3. The van der Waals surface area contributed by atoms with E-state index in [1.807, 2.05) is 0 Å². The van der Waals surface area contributed by atoms with Crippen LogP contribution < -0.4 is 0 Å². The molecule has 0 bridgehead atoms. The van der Waals surface area contributed by atoms with E-state index in [0.717, 1.165) is 37.5 Å². The Kier molecular flexibility index (Phi) is 13.0. The second kappa shape index (κ2) is 14.9. The van der Waals surface area contributed by atoms with Crippen LogP contribution in [0.25, 0.3) is 0 Å². The summed E-state index contributed by atoms with van der Waals surface area (Å²) in [6, 6.07) is 0. The van der Waals surface area contributed by atoms with E-state index in [1.165, 1.54) is 48.8 Å². The van der Waals surface area contributed by atoms with E-state index in [2.05, 4.69) is 140 Å². The van der Waals surface area contributed by atoms with Crippen LogP contribution in [0.5, 0.6) is 0 Å². The highest BCUT2D eigenvalue weighted by Gasteiger charge is 2.50. The highest BCUT2D eigenvalue weighted by molar-refractivity contribution is 6.74. The van der Waals surface area contributed by atoms with E-state index in [1.54, 1.807) is 0 Å². The van der Waals surface area contributed by atoms with Gasteiger partial charge in [-0.3, -0.25) is 0 Å². The maximum absolute atomic E-state index is 7.14. The van der Waals surface area contributed by atoms with Crippen molar-refractivity contribution in [2.75, 3.05) is 0 Å². The highest BCUT2D eigenvalue weighted by Crippen LogP contribution is 2.58. The predicted octanol–water partition coefficient (Wildman–Crippen LogP) is 13.1. The first-order valence-corrected chi connectivity index (χ1v) is 28.8. The van der Waals surface area contributed by atoms with Crippen LogP contribution in [0.4, 0.5) is 0 Å². The largest absolute Gasteiger partial charge is 0.413 e. The number of fused-ring (bicyclic) bond motifs is 1. The first kappa shape index (κ1) is 42.0. The van der Waals surface area contributed by atoms with E-state index in [-0.39, 0.29) is 27.9 Å². The van der Waals surface area contributed by atoms with Crippen LogP contribution in [0, 0.1) is 35.0 Å². The van der Waals surface area contributed by atoms with Crippen molar-refractivity contribution in [3.63, 3.8) is 0 Å². The molecule has 1 fully saturated rings. The van der Waals surface area contributed by atoms with Crippen LogP contribution in [-0.2, 0) is 13.3 Å². The Labute approximate surface area is 302 Å². The van der Waals surface area contributed by atoms with Crippen molar-refractivity contribution in [1.82, 2.24) is 0 Å². The molecule has 276 valence electrons. The molecule has 0 aromatic heterocycles. The van der Waals surface area contributed by atoms with Crippen molar-refractivity contribution in [2.45, 2.75) is 208 Å². The van der Waals surface area contributed by atoms with Gasteiger partial charge in [0, 0.05) is 24.0 Å². The molecule has 3 rings (SSSR count). The second-order valence-electron chi connectivity index (χ2n) is 21.0. The molecule has 0 amide bonds. The molecule has 3 nitrogen and oxygen atoms in total. The van der Waals surface area contributed by atoms with Crippen LogP contribution in [-0.4, -0.2) is 42.8 Å². The molecule has 3 aliphatic carbocycles. The summed E-state index contributed by atoms with van der Waals surface area (Å²) in [7, 11) is -5.44. The molecule has 0 radical (unpaired) electrons. The lowest BCUT2D eigenvalue weighted by Gasteiger charge is -2.45. The van der Waals surface area contributed by atoms with E-state index < -0.39 is 25.0 Å². The van der Waals surface area contributed by atoms with E-state index in [9.17, 15) is 0 Å². The fraction of sp³-hybridized carbons (Fsp3) is 0.857. The Morgan fingerprint density at radius 1 is 0.875 bits per heavy atom. The predicted molar refractivity (Wildman–Crippen MR) is 217 cm³/mol. The van der Waals surface area contributed by atoms with Gasteiger partial charge >= 0.3 is 0 Å². The molecule has 48 heavy (non-hydrogen) atoms. The molecule has 3 aliphatic rings. The zero-order valence-corrected chi connectivity index (χ0v) is 38.1. The second-order valence-corrected chi connectivity index (χ2v) is 34.9. The van der Waals surface area contributed by atoms with Crippen molar-refractivity contribution < 1.29 is 13.3 Å². The lowest BCUT2D eigenvalue weighted by atomic mass is 9.62. The Balaban J connectivity index is 1.82. The Morgan fingerprint density at radius 2 is 1.46 bits per heavy atom. The van der Waals surface area contributed by atoms with E-state index in [4.69, 9.17) is 13.3 Å². The van der Waals surface area contributed by atoms with Gasteiger partial charge in [-0.2, -0.15) is 0 Å². The van der Waals surface area contributed by atoms with Crippen molar-refractivity contribution in [3.05, 3.63) is 22.8 Å². The zero-order valence-electron chi connectivity index (χ0n) is 35.1. The SMILES string of the molecule is CC1=C(C#CC2=CCC[C@]3(C)[C@@H]([C@H](C)CCCC(C)(C)O[Si](C)(C)C)CC[C@@H]23)C[C@@H](O[Si](C)(C)C(C)(C)C)C[C@@H]1O[Si](C)(C)C(C)(C)C. The molecule has 6 heteroatoms. The molecule has 0 aliphatic heterocycles. The summed E-state index contributed by atoms with van der Waals surface area (Å²) in [5.74, 6) is 9.75. The molecular formula is C42H78O3Si3. The molecule has 0 spiro atoms. The summed E-state index contributed by atoms with van der Waals surface area (Å²) >= 11 is 0. The van der Waals surface area contributed by atoms with Gasteiger partial charge in [-0.15, -0.1) is 0 Å². The van der Waals surface area contributed by atoms with Gasteiger partial charge in [0.15, 0.2) is 25.0 Å². The number of hydrogen-bond donors (Lipinski definition) is 0. The Morgan fingerprint density at radius 3 is 2.02 bits per heavy atom. The van der Waals surface area contributed by atoms with Gasteiger partial charge in [-0.1, -0.05) is 86.1 Å². The molecule has 1 saturated carbocycles. The van der Waals surface area contributed by atoms with E-state index >= 15 is 0 Å². The summed E-state index contributed by atoms with van der Waals surface area (Å²) in [6.07, 6.45) is 13.4. The standard InChI is InChI=1S/C42H78O3Si3/c1-31(21-19-27-41(9,10)45-46(12,13)14)36-25-26-37-33(22-20-28-42(36,37)11)23-24-34-29-35(43-47(15,16)39(3,4)5)30-38(32(34)2)44-48(17,18)40(6,7)8/h22,31,35-38H,19-21,25-30H2,1-18H3/t31-,35-,36-,37+,38+,42-/m1/s1. The summed E-state index contributed by atoms with van der Waals surface area (Å²) in [4.78, 5) is 0. The number of rotatable bonds is 11. The third-order valence-corrected chi connectivity index (χ3v) is 23.5. The van der Waals surface area contributed by atoms with Gasteiger partial charge < -0.3 is 13.3 Å². The van der Waals surface area contributed by atoms with Gasteiger partial charge in [0.25, 0.3) is 0 Å². The van der Waals surface area contributed by atoms with Gasteiger partial charge in [0.1, 0.15) is 0 Å². The van der Waals surface area contributed by atoms with Crippen LogP contribution in [0.15, 0.2) is 22.8 Å². The van der Waals surface area contributed by atoms with Gasteiger partial charge in [-0.05, 0) is 138 Å². The fourth-order valence-electron chi connectivity index (χ4n) is 8.55. The minimum atomic E-state index is -1.96. The van der Waals surface area contributed by atoms with Gasteiger partial charge in [0.05, 0.1) is 17.8 Å². The molecule has 6 atom stereocenters. The van der Waals surface area contributed by atoms with Crippen LogP contribution in [0.3, 0.4) is 0 Å². The topological polar surface area (TPSA) is 27.7 Å². The molecule has 0 heterocycles. The number of allylic oxidation sites excluding steroid dienone is 2. The van der Waals surface area contributed by atoms with Gasteiger partial charge in [0.2, 0.25) is 0 Å². The summed E-state index contributed by atoms with van der Waals surface area (Å²) in [5.41, 5.74) is 4.37. The Hall–Kier alpha value is -0.429. The smallest absolute Gasteiger partial charge is 0.192 e. The van der Waals surface area contributed by atoms with Gasteiger partial charge in [-0.25, -0.2) is 0 Å². The summed E-state index contributed by atoms with van der Waals surface area (Å²) in [6.45, 7) is 42.6. The Bertz CT molecular complexity index is 1240. The van der Waals surface area contributed by atoms with Crippen molar-refractivity contribution >= 4 is 25.0 Å². The first-order chi connectivity index (χ1) is 21.6. The molecule has 0 N–H and O–H groups in total. The lowest BCUT2D eigenvalue weighted by Crippen LogP contribution is -2.49.